The van der Waals surface area contributed by atoms with Crippen LogP contribution in [-0.2, 0) is 11.0 Å². The van der Waals surface area contributed by atoms with Crippen LogP contribution in [0.5, 0.6) is 0 Å². The third kappa shape index (κ3) is 2.48. The zero-order valence-corrected chi connectivity index (χ0v) is 12.9. The zero-order valence-electron chi connectivity index (χ0n) is 12.9. The summed E-state index contributed by atoms with van der Waals surface area (Å²) in [5.74, 6) is -0.435. The number of anilines is 1. The number of halogens is 3. The molecular formula is C15H13F3N5O2-. The van der Waals surface area contributed by atoms with E-state index in [1.165, 1.54) is 16.9 Å². The van der Waals surface area contributed by atoms with Gasteiger partial charge in [0.2, 0.25) is 0 Å². The number of hydrogen-bond acceptors (Lipinski definition) is 5. The number of nitrogens with one attached hydrogen (secondary N) is 1. The summed E-state index contributed by atoms with van der Waals surface area (Å²) in [6, 6.07) is 0.433. The molecule has 2 aromatic rings. The summed E-state index contributed by atoms with van der Waals surface area (Å²) < 4.78 is 40.8. The van der Waals surface area contributed by atoms with Crippen LogP contribution in [0, 0.1) is 0 Å². The van der Waals surface area contributed by atoms with E-state index in [0.29, 0.717) is 24.3 Å². The number of aliphatic imine (C=N–C) groups is 1. The highest BCUT2D eigenvalue weighted by Crippen LogP contribution is 2.37. The largest absolute Gasteiger partial charge is 0.846 e. The molecule has 132 valence electrons. The van der Waals surface area contributed by atoms with Gasteiger partial charge in [-0.2, -0.15) is 13.2 Å². The van der Waals surface area contributed by atoms with Crippen molar-refractivity contribution in [2.45, 2.75) is 24.6 Å². The Kier molecular flexibility index (Phi) is 3.21. The molecule has 7 nitrogen and oxygen atoms in total. The van der Waals surface area contributed by atoms with Gasteiger partial charge in [-0.3, -0.25) is 9.79 Å². The fourth-order valence-electron chi connectivity index (χ4n) is 3.37. The number of nitrogens with zero attached hydrogens (tertiary/aromatic N) is 4. The molecule has 0 bridgehead atoms. The minimum atomic E-state index is -4.47. The smallest absolute Gasteiger partial charge is 0.417 e. The van der Waals surface area contributed by atoms with Gasteiger partial charge in [-0.15, -0.1) is 0 Å². The monoisotopic (exact) mass is 352 g/mol. The molecular weight excluding hydrogens is 339 g/mol. The van der Waals surface area contributed by atoms with Crippen molar-refractivity contribution in [3.63, 3.8) is 0 Å². The van der Waals surface area contributed by atoms with E-state index in [0.717, 1.165) is 12.3 Å². The summed E-state index contributed by atoms with van der Waals surface area (Å²) in [5.41, 5.74) is -0.919. The minimum Gasteiger partial charge on any atom is -0.846 e. The van der Waals surface area contributed by atoms with Crippen molar-refractivity contribution < 1.29 is 23.1 Å². The molecule has 4 heterocycles. The van der Waals surface area contributed by atoms with E-state index >= 15 is 0 Å². The van der Waals surface area contributed by atoms with Crippen molar-refractivity contribution in [2.75, 3.05) is 18.0 Å². The molecule has 1 spiro atoms. The molecule has 2 aromatic heterocycles. The Labute approximate surface area is 139 Å². The molecule has 2 aliphatic heterocycles. The molecule has 25 heavy (non-hydrogen) atoms. The second kappa shape index (κ2) is 5.11. The summed E-state index contributed by atoms with van der Waals surface area (Å²) >= 11 is 0. The topological polar surface area (TPSA) is 85.1 Å². The van der Waals surface area contributed by atoms with Crippen LogP contribution in [0.3, 0.4) is 0 Å². The minimum absolute atomic E-state index is 0.265. The van der Waals surface area contributed by atoms with Gasteiger partial charge in [0.15, 0.2) is 0 Å². The van der Waals surface area contributed by atoms with Crippen LogP contribution in [0.4, 0.5) is 18.9 Å². The molecule has 1 fully saturated rings. The number of carbonyl (C=O) groups excluding carboxylic acids is 1. The van der Waals surface area contributed by atoms with Gasteiger partial charge in [-0.25, -0.2) is 4.98 Å². The second-order valence-electron chi connectivity index (χ2n) is 6.19. The van der Waals surface area contributed by atoms with Gasteiger partial charge in [0.1, 0.15) is 5.54 Å². The van der Waals surface area contributed by atoms with Gasteiger partial charge in [0, 0.05) is 19.3 Å². The molecule has 0 saturated carbocycles. The molecule has 0 aromatic carbocycles. The number of imidazole rings is 1. The highest BCUT2D eigenvalue weighted by atomic mass is 19.4. The van der Waals surface area contributed by atoms with Gasteiger partial charge < -0.3 is 19.7 Å². The van der Waals surface area contributed by atoms with E-state index in [1.54, 1.807) is 4.90 Å². The van der Waals surface area contributed by atoms with Crippen molar-refractivity contribution in [2.24, 2.45) is 4.99 Å². The maximum absolute atomic E-state index is 13.1. The molecule has 1 amide bonds. The first-order valence-electron chi connectivity index (χ1n) is 7.65. The first-order valence-corrected chi connectivity index (χ1v) is 7.65. The number of alkyl halides is 3. The first-order chi connectivity index (χ1) is 11.8. The normalized spacial score (nSPS) is 20.2. The predicted octanol–water partition coefficient (Wildman–Crippen LogP) is 0.538. The highest BCUT2D eigenvalue weighted by molar-refractivity contribution is 6.04. The fourth-order valence-corrected chi connectivity index (χ4v) is 3.37. The van der Waals surface area contributed by atoms with E-state index in [1.807, 2.05) is 0 Å². The summed E-state index contributed by atoms with van der Waals surface area (Å²) in [6.07, 6.45) is -0.136. The Morgan fingerprint density at radius 3 is 2.60 bits per heavy atom. The Hall–Kier alpha value is -2.78. The predicted molar refractivity (Wildman–Crippen MR) is 79.9 cm³/mol. The Morgan fingerprint density at radius 1 is 1.28 bits per heavy atom. The van der Waals surface area contributed by atoms with Crippen LogP contribution in [-0.4, -0.2) is 39.9 Å². The average molecular weight is 352 g/mol. The SMILES string of the molecule is O=C1NC([O-])=NC12CCN(c1cc(C(F)(F)F)cn3cncc13)CC2. The number of piperidine rings is 1. The van der Waals surface area contributed by atoms with Crippen LogP contribution in [0.2, 0.25) is 0 Å². The van der Waals surface area contributed by atoms with Gasteiger partial charge in [-0.1, -0.05) is 0 Å². The summed E-state index contributed by atoms with van der Waals surface area (Å²) in [5, 5.41) is 13.5. The van der Waals surface area contributed by atoms with Crippen molar-refractivity contribution in [3.05, 3.63) is 30.4 Å². The lowest BCUT2D eigenvalue weighted by Crippen LogP contribution is -2.49. The highest BCUT2D eigenvalue weighted by Gasteiger charge is 2.44. The lowest BCUT2D eigenvalue weighted by molar-refractivity contribution is -0.220. The van der Waals surface area contributed by atoms with Crippen molar-refractivity contribution in [1.82, 2.24) is 14.7 Å². The number of rotatable bonds is 1. The third-order valence-electron chi connectivity index (χ3n) is 4.72. The van der Waals surface area contributed by atoms with Crippen LogP contribution in [0.25, 0.3) is 5.52 Å². The quantitative estimate of drug-likeness (QED) is 0.812. The number of hydrogen-bond donors (Lipinski definition) is 1. The molecule has 2 aliphatic rings. The van der Waals surface area contributed by atoms with Crippen LogP contribution < -0.4 is 15.3 Å². The molecule has 0 unspecified atom stereocenters. The molecule has 10 heteroatoms. The maximum atomic E-state index is 13.1. The lowest BCUT2D eigenvalue weighted by atomic mass is 9.87. The summed E-state index contributed by atoms with van der Waals surface area (Å²) in [7, 11) is 0. The Morgan fingerprint density at radius 2 is 2.00 bits per heavy atom. The Balaban J connectivity index is 1.67. The van der Waals surface area contributed by atoms with Crippen molar-refractivity contribution >= 4 is 23.1 Å². The molecule has 1 saturated heterocycles. The van der Waals surface area contributed by atoms with Crippen molar-refractivity contribution in [3.8, 4) is 0 Å². The average Bonchev–Trinajstić information content (AvgIpc) is 3.11. The second-order valence-corrected chi connectivity index (χ2v) is 6.19. The number of amides is 1. The number of aromatic nitrogens is 2. The molecule has 4 rings (SSSR count). The standard InChI is InChI=1S/C15H14F3N5O2/c16-15(17,18)9-5-10(11-6-19-8-23(11)7-9)22-3-1-14(2-4-22)12(24)20-13(25)21-14/h5-8H,1-4H2,(H2,20,21,24,25)/p-1. The lowest BCUT2D eigenvalue weighted by Gasteiger charge is -2.37. The molecule has 0 aliphatic carbocycles. The van der Waals surface area contributed by atoms with Gasteiger partial charge in [-0.05, 0) is 18.9 Å². The van der Waals surface area contributed by atoms with E-state index in [4.69, 9.17) is 0 Å². The van der Waals surface area contributed by atoms with E-state index in [-0.39, 0.29) is 12.8 Å². The molecule has 1 N–H and O–H groups in total. The fraction of sp³-hybridized carbons (Fsp3) is 0.400. The van der Waals surface area contributed by atoms with Crippen molar-refractivity contribution in [1.29, 1.82) is 0 Å². The number of pyridine rings is 1. The summed E-state index contributed by atoms with van der Waals surface area (Å²) in [4.78, 5) is 21.5. The van der Waals surface area contributed by atoms with Crippen LogP contribution in [0.1, 0.15) is 18.4 Å². The summed E-state index contributed by atoms with van der Waals surface area (Å²) in [6.45, 7) is 0.624. The maximum Gasteiger partial charge on any atom is 0.417 e. The van der Waals surface area contributed by atoms with Crippen LogP contribution >= 0.6 is 0 Å². The Bertz CT molecular complexity index is 881. The van der Waals surface area contributed by atoms with E-state index in [9.17, 15) is 23.1 Å². The zero-order chi connectivity index (χ0) is 17.8. The van der Waals surface area contributed by atoms with E-state index < -0.39 is 29.2 Å². The van der Waals surface area contributed by atoms with Gasteiger partial charge in [0.05, 0.1) is 35.3 Å². The van der Waals surface area contributed by atoms with Gasteiger partial charge in [0.25, 0.3) is 5.91 Å². The number of carbonyl (C=O) groups is 1. The number of fused-ring (bicyclic) bond motifs is 1. The van der Waals surface area contributed by atoms with Crippen LogP contribution in [0.15, 0.2) is 29.8 Å². The van der Waals surface area contributed by atoms with E-state index in [2.05, 4.69) is 15.3 Å². The molecule has 0 atom stereocenters. The van der Waals surface area contributed by atoms with Gasteiger partial charge >= 0.3 is 6.18 Å². The molecule has 0 radical (unpaired) electrons. The first kappa shape index (κ1) is 15.7. The third-order valence-corrected chi connectivity index (χ3v) is 4.72. The number of amidine groups is 1.